The molecule has 0 aliphatic heterocycles. The van der Waals surface area contributed by atoms with E-state index in [1.807, 2.05) is 45.0 Å². The van der Waals surface area contributed by atoms with Gasteiger partial charge in [0.2, 0.25) is 5.91 Å². The van der Waals surface area contributed by atoms with E-state index in [4.69, 9.17) is 5.11 Å². The van der Waals surface area contributed by atoms with Crippen molar-refractivity contribution in [1.29, 1.82) is 0 Å². The van der Waals surface area contributed by atoms with Crippen LogP contribution >= 0.6 is 0 Å². The summed E-state index contributed by atoms with van der Waals surface area (Å²) in [7, 11) is 0. The summed E-state index contributed by atoms with van der Waals surface area (Å²) >= 11 is 0. The summed E-state index contributed by atoms with van der Waals surface area (Å²) in [4.78, 5) is 22.1. The maximum absolute atomic E-state index is 11.6. The summed E-state index contributed by atoms with van der Waals surface area (Å²) in [6, 6.07) is 7.47. The van der Waals surface area contributed by atoms with Crippen molar-refractivity contribution in [2.24, 2.45) is 5.92 Å². The van der Waals surface area contributed by atoms with Crippen molar-refractivity contribution >= 4 is 23.3 Å². The molecule has 1 amide bonds. The Morgan fingerprint density at radius 1 is 1.20 bits per heavy atom. The summed E-state index contributed by atoms with van der Waals surface area (Å²) in [6.45, 7) is 5.61. The first-order chi connectivity index (χ1) is 9.38. The van der Waals surface area contributed by atoms with Crippen molar-refractivity contribution in [3.63, 3.8) is 0 Å². The summed E-state index contributed by atoms with van der Waals surface area (Å²) in [5, 5.41) is 14.7. The highest BCUT2D eigenvalue weighted by atomic mass is 16.4. The third-order valence-electron chi connectivity index (χ3n) is 2.86. The molecule has 3 N–H and O–H groups in total. The van der Waals surface area contributed by atoms with Crippen LogP contribution in [0.2, 0.25) is 0 Å². The second-order valence-corrected chi connectivity index (χ2v) is 5.20. The second-order valence-electron chi connectivity index (χ2n) is 5.20. The van der Waals surface area contributed by atoms with Gasteiger partial charge in [0.05, 0.1) is 0 Å². The van der Waals surface area contributed by atoms with Crippen molar-refractivity contribution in [3.8, 4) is 0 Å². The minimum atomic E-state index is -0.795. The van der Waals surface area contributed by atoms with Gasteiger partial charge in [-0.25, -0.2) is 0 Å². The lowest BCUT2D eigenvalue weighted by Crippen LogP contribution is -2.19. The maximum Gasteiger partial charge on any atom is 0.303 e. The molecular weight excluding hydrogens is 256 g/mol. The number of benzene rings is 1. The van der Waals surface area contributed by atoms with Gasteiger partial charge >= 0.3 is 5.97 Å². The fourth-order valence-electron chi connectivity index (χ4n) is 1.67. The Labute approximate surface area is 119 Å². The molecule has 5 nitrogen and oxygen atoms in total. The molecule has 5 heteroatoms. The van der Waals surface area contributed by atoms with E-state index in [0.717, 1.165) is 11.4 Å². The van der Waals surface area contributed by atoms with Crippen LogP contribution in [0.3, 0.4) is 0 Å². The van der Waals surface area contributed by atoms with E-state index in [1.165, 1.54) is 0 Å². The van der Waals surface area contributed by atoms with E-state index in [2.05, 4.69) is 10.6 Å². The molecule has 0 bridgehead atoms. The number of carboxylic acid groups (broad SMARTS) is 1. The smallest absolute Gasteiger partial charge is 0.303 e. The van der Waals surface area contributed by atoms with Crippen molar-refractivity contribution in [1.82, 2.24) is 0 Å². The van der Waals surface area contributed by atoms with Gasteiger partial charge in [0, 0.05) is 29.8 Å². The highest BCUT2D eigenvalue weighted by Crippen LogP contribution is 2.17. The Morgan fingerprint density at radius 2 is 1.85 bits per heavy atom. The molecular formula is C15H22N2O3. The minimum absolute atomic E-state index is 0.0268. The van der Waals surface area contributed by atoms with Crippen molar-refractivity contribution in [2.75, 3.05) is 10.6 Å². The van der Waals surface area contributed by atoms with Gasteiger partial charge in [0.15, 0.2) is 0 Å². The molecule has 0 spiro atoms. The van der Waals surface area contributed by atoms with Gasteiger partial charge in [-0.2, -0.15) is 0 Å². The largest absolute Gasteiger partial charge is 0.481 e. The number of anilines is 2. The first kappa shape index (κ1) is 16.0. The van der Waals surface area contributed by atoms with E-state index in [1.54, 1.807) is 0 Å². The van der Waals surface area contributed by atoms with Crippen LogP contribution in [0.15, 0.2) is 24.3 Å². The maximum atomic E-state index is 11.6. The number of hydrogen-bond donors (Lipinski definition) is 3. The molecule has 0 saturated heterocycles. The third kappa shape index (κ3) is 5.73. The Morgan fingerprint density at radius 3 is 2.45 bits per heavy atom. The minimum Gasteiger partial charge on any atom is -0.481 e. The molecule has 1 aromatic rings. The van der Waals surface area contributed by atoms with Crippen molar-refractivity contribution in [2.45, 2.75) is 39.7 Å². The molecule has 1 unspecified atom stereocenters. The van der Waals surface area contributed by atoms with Gasteiger partial charge in [0.25, 0.3) is 0 Å². The van der Waals surface area contributed by atoms with Gasteiger partial charge in [-0.3, -0.25) is 9.59 Å². The first-order valence-corrected chi connectivity index (χ1v) is 6.77. The number of carboxylic acids is 1. The van der Waals surface area contributed by atoms with Crippen LogP contribution < -0.4 is 10.6 Å². The number of amides is 1. The standard InChI is InChI=1S/C15H22N2O3/c1-10(2)15(20)17-13-6-4-5-12(9-13)16-11(3)7-8-14(18)19/h4-6,9-11,16H,7-8H2,1-3H3,(H,17,20)(H,18,19). The van der Waals surface area contributed by atoms with Crippen LogP contribution in [0.4, 0.5) is 11.4 Å². The van der Waals surface area contributed by atoms with Gasteiger partial charge in [-0.05, 0) is 31.5 Å². The predicted octanol–water partition coefficient (Wildman–Crippen LogP) is 2.95. The number of carbonyl (C=O) groups is 2. The molecule has 1 aromatic carbocycles. The molecule has 1 atom stereocenters. The van der Waals surface area contributed by atoms with Crippen LogP contribution in [0.1, 0.15) is 33.6 Å². The van der Waals surface area contributed by atoms with Crippen molar-refractivity contribution < 1.29 is 14.7 Å². The van der Waals surface area contributed by atoms with Crippen LogP contribution in [-0.4, -0.2) is 23.0 Å². The predicted molar refractivity (Wildman–Crippen MR) is 79.9 cm³/mol. The number of rotatable bonds is 7. The van der Waals surface area contributed by atoms with Gasteiger partial charge < -0.3 is 15.7 Å². The highest BCUT2D eigenvalue weighted by Gasteiger charge is 2.08. The van der Waals surface area contributed by atoms with Gasteiger partial charge in [0.1, 0.15) is 0 Å². The summed E-state index contributed by atoms with van der Waals surface area (Å²) in [5.74, 6) is -0.890. The summed E-state index contributed by atoms with van der Waals surface area (Å²) in [6.07, 6.45) is 0.690. The number of nitrogens with one attached hydrogen (secondary N) is 2. The van der Waals surface area contributed by atoms with Crippen LogP contribution in [0.5, 0.6) is 0 Å². The topological polar surface area (TPSA) is 78.4 Å². The number of hydrogen-bond acceptors (Lipinski definition) is 3. The van der Waals surface area contributed by atoms with E-state index >= 15 is 0 Å². The fraction of sp³-hybridized carbons (Fsp3) is 0.467. The lowest BCUT2D eigenvalue weighted by atomic mass is 10.1. The molecule has 0 aromatic heterocycles. The third-order valence-corrected chi connectivity index (χ3v) is 2.86. The number of aliphatic carboxylic acids is 1. The lowest BCUT2D eigenvalue weighted by molar-refractivity contribution is -0.137. The van der Waals surface area contributed by atoms with Gasteiger partial charge in [-0.1, -0.05) is 19.9 Å². The quantitative estimate of drug-likeness (QED) is 0.716. The first-order valence-electron chi connectivity index (χ1n) is 6.77. The Bertz CT molecular complexity index is 472. The van der Waals surface area contributed by atoms with E-state index in [-0.39, 0.29) is 24.3 Å². The lowest BCUT2D eigenvalue weighted by Gasteiger charge is -2.15. The normalized spacial score (nSPS) is 12.0. The van der Waals surface area contributed by atoms with E-state index < -0.39 is 5.97 Å². The summed E-state index contributed by atoms with van der Waals surface area (Å²) in [5.41, 5.74) is 1.60. The Kier molecular flexibility index (Phi) is 6.03. The van der Waals surface area contributed by atoms with Crippen LogP contribution in [-0.2, 0) is 9.59 Å². The molecule has 20 heavy (non-hydrogen) atoms. The van der Waals surface area contributed by atoms with Crippen LogP contribution in [0.25, 0.3) is 0 Å². The molecule has 0 heterocycles. The fourth-order valence-corrected chi connectivity index (χ4v) is 1.67. The second kappa shape index (κ2) is 7.53. The highest BCUT2D eigenvalue weighted by molar-refractivity contribution is 5.92. The molecule has 0 fully saturated rings. The average molecular weight is 278 g/mol. The Balaban J connectivity index is 2.59. The van der Waals surface area contributed by atoms with E-state index in [0.29, 0.717) is 6.42 Å². The average Bonchev–Trinajstić information content (AvgIpc) is 2.36. The monoisotopic (exact) mass is 278 g/mol. The molecule has 0 radical (unpaired) electrons. The zero-order valence-corrected chi connectivity index (χ0v) is 12.1. The SMILES string of the molecule is CC(CCC(=O)O)Nc1cccc(NC(=O)C(C)C)c1. The molecule has 0 aliphatic rings. The molecule has 110 valence electrons. The van der Waals surface area contributed by atoms with Gasteiger partial charge in [-0.15, -0.1) is 0 Å². The summed E-state index contributed by atoms with van der Waals surface area (Å²) < 4.78 is 0. The Hall–Kier alpha value is -2.04. The molecule has 0 saturated carbocycles. The zero-order valence-electron chi connectivity index (χ0n) is 12.1. The van der Waals surface area contributed by atoms with E-state index in [9.17, 15) is 9.59 Å². The molecule has 1 rings (SSSR count). The molecule has 0 aliphatic carbocycles. The number of carbonyl (C=O) groups excluding carboxylic acids is 1. The van der Waals surface area contributed by atoms with Crippen molar-refractivity contribution in [3.05, 3.63) is 24.3 Å². The zero-order chi connectivity index (χ0) is 15.1. The van der Waals surface area contributed by atoms with Crippen LogP contribution in [0, 0.1) is 5.92 Å².